The number of rotatable bonds is 5. The molecule has 198 valence electrons. The Morgan fingerprint density at radius 2 is 1.51 bits per heavy atom. The van der Waals surface area contributed by atoms with Crippen LogP contribution in [0.3, 0.4) is 0 Å². The number of benzene rings is 4. The van der Waals surface area contributed by atoms with Crippen LogP contribution in [0.5, 0.6) is 0 Å². The Hall–Kier alpha value is -3.40. The van der Waals surface area contributed by atoms with Crippen LogP contribution in [0.2, 0.25) is 10.0 Å². The zero-order valence-electron chi connectivity index (χ0n) is 19.8. The fourth-order valence-corrected chi connectivity index (χ4v) is 5.73. The van der Waals surface area contributed by atoms with E-state index >= 15 is 0 Å². The zero-order chi connectivity index (χ0) is 28.0. The average molecular weight is 593 g/mol. The molecule has 1 aliphatic rings. The third-order valence-electron chi connectivity index (χ3n) is 6.08. The van der Waals surface area contributed by atoms with Crippen LogP contribution in [-0.2, 0) is 10.5 Å². The van der Waals surface area contributed by atoms with Crippen molar-refractivity contribution in [3.63, 3.8) is 0 Å². The lowest BCUT2D eigenvalue weighted by molar-refractivity contribution is -0.114. The Labute approximate surface area is 233 Å². The van der Waals surface area contributed by atoms with Crippen LogP contribution in [0.15, 0.2) is 70.2 Å². The minimum Gasteiger partial charge on any atom is -0.267 e. The Bertz CT molecular complexity index is 1710. The van der Waals surface area contributed by atoms with E-state index in [0.717, 1.165) is 21.2 Å². The van der Waals surface area contributed by atoms with E-state index in [1.165, 1.54) is 13.0 Å². The zero-order valence-corrected chi connectivity index (χ0v) is 22.2. The van der Waals surface area contributed by atoms with Gasteiger partial charge in [-0.05, 0) is 53.1 Å². The first-order valence-corrected chi connectivity index (χ1v) is 13.0. The van der Waals surface area contributed by atoms with Crippen molar-refractivity contribution in [3.05, 3.63) is 110 Å². The van der Waals surface area contributed by atoms with E-state index in [2.05, 4.69) is 5.10 Å². The summed E-state index contributed by atoms with van der Waals surface area (Å²) in [5.41, 5.74) is 0.0486. The summed E-state index contributed by atoms with van der Waals surface area (Å²) in [5, 5.41) is 6.72. The van der Waals surface area contributed by atoms with Crippen LogP contribution in [0, 0.1) is 29.1 Å². The summed E-state index contributed by atoms with van der Waals surface area (Å²) < 4.78 is 69.8. The highest BCUT2D eigenvalue weighted by molar-refractivity contribution is 7.98. The lowest BCUT2D eigenvalue weighted by Crippen LogP contribution is -2.25. The van der Waals surface area contributed by atoms with Crippen molar-refractivity contribution < 1.29 is 26.7 Å². The van der Waals surface area contributed by atoms with Crippen LogP contribution in [0.1, 0.15) is 18.1 Å². The number of anilines is 1. The number of carbonyl (C=O) groups excluding carboxylic acids is 1. The second kappa shape index (κ2) is 10.6. The van der Waals surface area contributed by atoms with Crippen molar-refractivity contribution >= 4 is 69.1 Å². The van der Waals surface area contributed by atoms with Crippen LogP contribution < -0.4 is 5.01 Å². The maximum atomic E-state index is 14.4. The molecule has 39 heavy (non-hydrogen) atoms. The SMILES string of the molecule is CC1=NN(c2c(F)c(F)c(F)c(F)c2F)C(=O)/C1=C/c1ccc(SCc2ccc(Cl)cc2Cl)c2ccccc12. The topological polar surface area (TPSA) is 32.7 Å². The van der Waals surface area contributed by atoms with Crippen molar-refractivity contribution in [1.29, 1.82) is 0 Å². The molecule has 4 aromatic rings. The summed E-state index contributed by atoms with van der Waals surface area (Å²) in [6, 6.07) is 16.3. The fourth-order valence-electron chi connectivity index (χ4n) is 4.11. The van der Waals surface area contributed by atoms with Gasteiger partial charge in [0.1, 0.15) is 5.69 Å². The molecule has 0 atom stereocenters. The number of hydrogen-bond acceptors (Lipinski definition) is 3. The van der Waals surface area contributed by atoms with Gasteiger partial charge in [0.15, 0.2) is 23.3 Å². The monoisotopic (exact) mass is 592 g/mol. The number of hydrazone groups is 1. The minimum atomic E-state index is -2.32. The maximum absolute atomic E-state index is 14.4. The second-order valence-corrected chi connectivity index (χ2v) is 10.4. The minimum absolute atomic E-state index is 0.0452. The van der Waals surface area contributed by atoms with Gasteiger partial charge >= 0.3 is 0 Å². The molecule has 4 aromatic carbocycles. The van der Waals surface area contributed by atoms with Gasteiger partial charge in [0, 0.05) is 20.7 Å². The first-order valence-electron chi connectivity index (χ1n) is 11.3. The molecule has 1 aliphatic heterocycles. The quantitative estimate of drug-likeness (QED) is 0.0761. The molecule has 0 bridgehead atoms. The third kappa shape index (κ3) is 4.90. The molecule has 0 unspecified atom stereocenters. The number of halogens is 7. The van der Waals surface area contributed by atoms with Crippen LogP contribution >= 0.6 is 35.0 Å². The van der Waals surface area contributed by atoms with E-state index in [4.69, 9.17) is 23.2 Å². The Kier molecular flexibility index (Phi) is 7.41. The molecule has 3 nitrogen and oxygen atoms in total. The van der Waals surface area contributed by atoms with Gasteiger partial charge in [-0.2, -0.15) is 10.1 Å². The van der Waals surface area contributed by atoms with Gasteiger partial charge in [-0.25, -0.2) is 22.0 Å². The first kappa shape index (κ1) is 27.2. The largest absolute Gasteiger partial charge is 0.280 e. The molecule has 0 spiro atoms. The molecule has 0 saturated heterocycles. The molecule has 0 aromatic heterocycles. The standard InChI is InChI=1S/C28H15Cl2F5N2OS/c1-13-19(28(38)37(36-13)27-25(34)23(32)22(31)24(33)26(27)35)10-14-7-9-21(18-5-3-2-4-17(14)18)39-12-15-6-8-16(29)11-20(15)30/h2-11H,12H2,1H3/b19-10+. The van der Waals surface area contributed by atoms with Crippen molar-refractivity contribution in [2.24, 2.45) is 5.10 Å². The molecule has 0 saturated carbocycles. The smallest absolute Gasteiger partial charge is 0.267 e. The average Bonchev–Trinajstić information content (AvgIpc) is 3.19. The van der Waals surface area contributed by atoms with Crippen LogP contribution in [0.25, 0.3) is 16.8 Å². The molecule has 0 radical (unpaired) electrons. The van der Waals surface area contributed by atoms with Crippen LogP contribution in [0.4, 0.5) is 27.6 Å². The summed E-state index contributed by atoms with van der Waals surface area (Å²) in [5.74, 6) is -11.4. The Morgan fingerprint density at radius 1 is 0.872 bits per heavy atom. The normalized spacial score (nSPS) is 14.6. The molecule has 5 rings (SSSR count). The van der Waals surface area contributed by atoms with Gasteiger partial charge in [-0.15, -0.1) is 11.8 Å². The summed E-state index contributed by atoms with van der Waals surface area (Å²) in [6.07, 6.45) is 1.47. The highest BCUT2D eigenvalue weighted by Crippen LogP contribution is 2.37. The lowest BCUT2D eigenvalue weighted by Gasteiger charge is -2.15. The van der Waals surface area contributed by atoms with Gasteiger partial charge in [0.2, 0.25) is 5.82 Å². The molecule has 0 fully saturated rings. The van der Waals surface area contributed by atoms with E-state index in [0.29, 0.717) is 21.4 Å². The molecule has 1 heterocycles. The second-order valence-electron chi connectivity index (χ2n) is 8.50. The summed E-state index contributed by atoms with van der Waals surface area (Å²) in [6.45, 7) is 1.40. The molecule has 11 heteroatoms. The van der Waals surface area contributed by atoms with Crippen molar-refractivity contribution in [1.82, 2.24) is 0 Å². The highest BCUT2D eigenvalue weighted by Gasteiger charge is 2.37. The fraction of sp³-hybridized carbons (Fsp3) is 0.0714. The van der Waals surface area contributed by atoms with Gasteiger partial charge in [-0.1, -0.05) is 59.6 Å². The Balaban J connectivity index is 1.50. The van der Waals surface area contributed by atoms with E-state index in [1.807, 2.05) is 36.4 Å². The molecular formula is C28H15Cl2F5N2OS. The third-order valence-corrected chi connectivity index (χ3v) is 7.79. The number of amides is 1. The molecule has 0 aliphatic carbocycles. The number of hydrogen-bond donors (Lipinski definition) is 0. The van der Waals surface area contributed by atoms with Crippen molar-refractivity contribution in [2.45, 2.75) is 17.6 Å². The van der Waals surface area contributed by atoms with Crippen molar-refractivity contribution in [3.8, 4) is 0 Å². The number of carbonyl (C=O) groups is 1. The van der Waals surface area contributed by atoms with Gasteiger partial charge in [-0.3, -0.25) is 4.79 Å². The highest BCUT2D eigenvalue weighted by atomic mass is 35.5. The number of thioether (sulfide) groups is 1. The van der Waals surface area contributed by atoms with E-state index < -0.39 is 40.7 Å². The van der Waals surface area contributed by atoms with Gasteiger partial charge in [0.05, 0.1) is 11.3 Å². The molecule has 1 amide bonds. The number of fused-ring (bicyclic) bond motifs is 1. The summed E-state index contributed by atoms with van der Waals surface area (Å²) in [4.78, 5) is 14.0. The van der Waals surface area contributed by atoms with Crippen molar-refractivity contribution in [2.75, 3.05) is 5.01 Å². The number of nitrogens with zero attached hydrogens (tertiary/aromatic N) is 2. The molecular weight excluding hydrogens is 578 g/mol. The Morgan fingerprint density at radius 3 is 2.18 bits per heavy atom. The first-order chi connectivity index (χ1) is 18.6. The van der Waals surface area contributed by atoms with Crippen LogP contribution in [-0.4, -0.2) is 11.6 Å². The molecule has 0 N–H and O–H groups in total. The predicted octanol–water partition coefficient (Wildman–Crippen LogP) is 8.94. The predicted molar refractivity (Wildman–Crippen MR) is 145 cm³/mol. The van der Waals surface area contributed by atoms with Gasteiger partial charge in [0.25, 0.3) is 5.91 Å². The van der Waals surface area contributed by atoms with E-state index in [-0.39, 0.29) is 16.3 Å². The van der Waals surface area contributed by atoms with Gasteiger partial charge < -0.3 is 0 Å². The summed E-state index contributed by atoms with van der Waals surface area (Å²) in [7, 11) is 0. The lowest BCUT2D eigenvalue weighted by atomic mass is 10.0. The van der Waals surface area contributed by atoms with E-state index in [1.54, 1.807) is 30.0 Å². The maximum Gasteiger partial charge on any atom is 0.280 e. The van der Waals surface area contributed by atoms with E-state index in [9.17, 15) is 26.7 Å². The summed E-state index contributed by atoms with van der Waals surface area (Å²) >= 11 is 13.8.